The molecule has 2 saturated heterocycles. The molecule has 0 saturated carbocycles. The van der Waals surface area contributed by atoms with E-state index >= 15 is 0 Å². The van der Waals surface area contributed by atoms with Crippen LogP contribution in [0.15, 0.2) is 110 Å². The Hall–Kier alpha value is -8.06. The van der Waals surface area contributed by atoms with Crippen LogP contribution >= 0.6 is 0 Å². The Balaban J connectivity index is 0.000000188. The number of amides is 1. The number of carboxylic acids is 1. The van der Waals surface area contributed by atoms with Crippen molar-refractivity contribution in [3.8, 4) is 46.0 Å². The number of methoxy groups -OCH3 is 4. The molecule has 6 heterocycles. The number of hydrogen-bond donors (Lipinski definition) is 2. The molecule has 2 fully saturated rings. The molecule has 0 aliphatic carbocycles. The van der Waals surface area contributed by atoms with Crippen molar-refractivity contribution in [2.75, 3.05) is 41.5 Å². The van der Waals surface area contributed by atoms with Crippen molar-refractivity contribution >= 4 is 23.8 Å². The summed E-state index contributed by atoms with van der Waals surface area (Å²) in [5.74, 6) is -0.203. The Morgan fingerprint density at radius 3 is 1.54 bits per heavy atom. The third-order valence-corrected chi connectivity index (χ3v) is 11.2. The summed E-state index contributed by atoms with van der Waals surface area (Å²) in [7, 11) is 5.56. The minimum absolute atomic E-state index is 0.00536. The first-order valence-electron chi connectivity index (χ1n) is 22.0. The number of ether oxygens (including phenoxy) is 6. The third kappa shape index (κ3) is 12.9. The molecule has 0 bridgehead atoms. The van der Waals surface area contributed by atoms with Gasteiger partial charge in [0.05, 0.1) is 46.1 Å². The molecule has 2 aliphatic heterocycles. The third-order valence-electron chi connectivity index (χ3n) is 11.2. The van der Waals surface area contributed by atoms with Crippen molar-refractivity contribution in [2.45, 2.75) is 63.8 Å². The smallest absolute Gasteiger partial charge is 0.347 e. The van der Waals surface area contributed by atoms with Crippen molar-refractivity contribution in [1.29, 1.82) is 0 Å². The second-order valence-corrected chi connectivity index (χ2v) is 15.7. The van der Waals surface area contributed by atoms with Gasteiger partial charge in [-0.1, -0.05) is 36.4 Å². The van der Waals surface area contributed by atoms with E-state index in [2.05, 4.69) is 42.1 Å². The normalized spacial score (nSPS) is 17.3. The minimum atomic E-state index is -0.974. The maximum absolute atomic E-state index is 13.6. The van der Waals surface area contributed by atoms with Gasteiger partial charge in [0, 0.05) is 66.9 Å². The van der Waals surface area contributed by atoms with E-state index in [1.165, 1.54) is 40.7 Å². The highest BCUT2D eigenvalue weighted by Gasteiger charge is 2.34. The highest BCUT2D eigenvalue weighted by Crippen LogP contribution is 2.32. The van der Waals surface area contributed by atoms with E-state index in [1.54, 1.807) is 84.4 Å². The molecule has 0 radical (unpaired) electrons. The van der Waals surface area contributed by atoms with Crippen molar-refractivity contribution < 1.29 is 52.7 Å². The maximum atomic E-state index is 13.6. The number of nitrogens with one attached hydrogen (secondary N) is 1. The van der Waals surface area contributed by atoms with Crippen LogP contribution in [0.2, 0.25) is 0 Å². The van der Waals surface area contributed by atoms with E-state index in [9.17, 15) is 19.2 Å². The molecule has 0 spiro atoms. The van der Waals surface area contributed by atoms with Gasteiger partial charge < -0.3 is 43.7 Å². The lowest BCUT2D eigenvalue weighted by molar-refractivity contribution is 0.0358. The zero-order chi connectivity index (χ0) is 49.3. The molecule has 8 rings (SSSR count). The van der Waals surface area contributed by atoms with Gasteiger partial charge in [0.25, 0.3) is 5.91 Å². The molecule has 1 amide bonds. The van der Waals surface area contributed by atoms with Crippen molar-refractivity contribution in [3.63, 3.8) is 0 Å². The molecule has 19 heteroatoms. The number of carbonyl (C=O) groups excluding carboxylic acids is 3. The predicted octanol–water partition coefficient (Wildman–Crippen LogP) is 6.64. The largest absolute Gasteiger partial charge is 0.496 e. The second kappa shape index (κ2) is 24.6. The molecule has 6 aromatic rings. The SMILES string of the molecule is COC(=O)c1c(OC)ccnc1O[C@@H]1CC[C@@H](C)N(C(=O)c2ccccc2-c2ncccn2)C1.COC(=O)c1c(OC)ccnc1O[C@@H]1CC[C@@H](C)NC1.O=C(O)c1ccccc1-c1ncccn1. The molecular weight excluding hydrogens is 889 g/mol. The second-order valence-electron chi connectivity index (χ2n) is 15.7. The van der Waals surface area contributed by atoms with Gasteiger partial charge in [0.2, 0.25) is 11.8 Å². The number of rotatable bonds is 12. The fourth-order valence-corrected chi connectivity index (χ4v) is 7.55. The first-order valence-corrected chi connectivity index (χ1v) is 22.0. The van der Waals surface area contributed by atoms with Crippen LogP contribution in [0.1, 0.15) is 81.0 Å². The molecule has 4 atom stereocenters. The lowest BCUT2D eigenvalue weighted by Gasteiger charge is -2.38. The minimum Gasteiger partial charge on any atom is -0.496 e. The van der Waals surface area contributed by atoms with Crippen molar-refractivity contribution in [3.05, 3.63) is 132 Å². The number of aromatic carboxylic acids is 1. The van der Waals surface area contributed by atoms with E-state index in [0.717, 1.165) is 25.8 Å². The molecule has 4 aromatic heterocycles. The first kappa shape index (κ1) is 50.4. The number of esters is 2. The number of aromatic nitrogens is 6. The summed E-state index contributed by atoms with van der Waals surface area (Å²) in [6.45, 7) is 5.23. The van der Waals surface area contributed by atoms with Gasteiger partial charge in [0.1, 0.15) is 23.7 Å². The highest BCUT2D eigenvalue weighted by molar-refractivity contribution is 6.00. The van der Waals surface area contributed by atoms with E-state index < -0.39 is 17.9 Å². The average Bonchev–Trinajstić information content (AvgIpc) is 3.39. The molecule has 2 aromatic carbocycles. The summed E-state index contributed by atoms with van der Waals surface area (Å²) < 4.78 is 32.1. The molecule has 69 heavy (non-hydrogen) atoms. The Morgan fingerprint density at radius 2 is 1.06 bits per heavy atom. The van der Waals surface area contributed by atoms with Crippen LogP contribution in [0.4, 0.5) is 0 Å². The summed E-state index contributed by atoms with van der Waals surface area (Å²) in [5.41, 5.74) is 2.29. The van der Waals surface area contributed by atoms with Gasteiger partial charge in [-0.3, -0.25) is 4.79 Å². The molecule has 360 valence electrons. The van der Waals surface area contributed by atoms with Gasteiger partial charge in [-0.15, -0.1) is 0 Å². The number of hydrogen-bond acceptors (Lipinski definition) is 17. The van der Waals surface area contributed by atoms with E-state index in [0.29, 0.717) is 58.8 Å². The van der Waals surface area contributed by atoms with Crippen LogP contribution in [0, 0.1) is 0 Å². The Kier molecular flexibility index (Phi) is 18.0. The number of carbonyl (C=O) groups is 4. The number of carboxylic acid groups (broad SMARTS) is 1. The quantitative estimate of drug-likeness (QED) is 0.122. The number of likely N-dealkylation sites (tertiary alicyclic amines) is 1. The lowest BCUT2D eigenvalue weighted by atomic mass is 9.98. The number of benzene rings is 2. The fraction of sp³-hybridized carbons (Fsp3) is 0.320. The zero-order valence-corrected chi connectivity index (χ0v) is 39.1. The standard InChI is InChI=1S/C25H26N4O5.C14H20N2O4.C11H8N2O2/c1-16-9-10-17(34-23-21(25(31)33-3)20(32-2)11-14-28-23)15-29(16)24(30)19-8-5-4-7-18(19)22-26-12-6-13-27-22;1-9-4-5-10(8-16-9)20-13-12(14(17)19-3)11(18-2)6-7-15-13;14-11(15)9-5-2-1-4-8(9)10-12-6-3-7-13-10/h4-8,11-14,16-17H,9-10,15H2,1-3H3;6-7,9-10,16H,4-5,8H2,1-3H3;1-7H,(H,14,15)/t16-,17-;9-,10-;/m11./s1. The van der Waals surface area contributed by atoms with Crippen LogP contribution in [-0.2, 0) is 9.47 Å². The highest BCUT2D eigenvalue weighted by atomic mass is 16.5. The fourth-order valence-electron chi connectivity index (χ4n) is 7.55. The summed E-state index contributed by atoms with van der Waals surface area (Å²) >= 11 is 0. The predicted molar refractivity (Wildman–Crippen MR) is 251 cm³/mol. The number of pyridine rings is 2. The molecule has 0 unspecified atom stereocenters. The summed E-state index contributed by atoms with van der Waals surface area (Å²) in [6.07, 6.45) is 12.6. The van der Waals surface area contributed by atoms with E-state index in [1.807, 2.05) is 25.1 Å². The van der Waals surface area contributed by atoms with Crippen molar-refractivity contribution in [1.82, 2.24) is 40.1 Å². The maximum Gasteiger partial charge on any atom is 0.347 e. The van der Waals surface area contributed by atoms with Crippen molar-refractivity contribution in [2.24, 2.45) is 0 Å². The van der Waals surface area contributed by atoms with Crippen LogP contribution in [0.3, 0.4) is 0 Å². The van der Waals surface area contributed by atoms with Crippen LogP contribution in [0.5, 0.6) is 23.3 Å². The lowest BCUT2D eigenvalue weighted by Crippen LogP contribution is -2.49. The van der Waals surface area contributed by atoms with Gasteiger partial charge >= 0.3 is 17.9 Å². The van der Waals surface area contributed by atoms with Gasteiger partial charge in [-0.05, 0) is 75.9 Å². The Labute approximate surface area is 399 Å². The van der Waals surface area contributed by atoms with E-state index in [-0.39, 0.29) is 52.6 Å². The van der Waals surface area contributed by atoms with Crippen LogP contribution < -0.4 is 24.3 Å². The average molecular weight is 943 g/mol. The monoisotopic (exact) mass is 942 g/mol. The summed E-state index contributed by atoms with van der Waals surface area (Å²) in [5, 5.41) is 12.3. The van der Waals surface area contributed by atoms with E-state index in [4.69, 9.17) is 33.5 Å². The topological polar surface area (TPSA) is 236 Å². The van der Waals surface area contributed by atoms with Gasteiger partial charge in [0.15, 0.2) is 22.8 Å². The summed E-state index contributed by atoms with van der Waals surface area (Å²) in [4.78, 5) is 75.6. The molecular formula is C50H54N8O11. The number of nitrogens with zero attached hydrogens (tertiary/aromatic N) is 7. The van der Waals surface area contributed by atoms with Crippen LogP contribution in [0.25, 0.3) is 22.8 Å². The molecule has 2 N–H and O–H groups in total. The van der Waals surface area contributed by atoms with Crippen LogP contribution in [-0.4, -0.2) is 130 Å². The first-order chi connectivity index (χ1) is 33.5. The number of piperidine rings is 2. The van der Waals surface area contributed by atoms with Gasteiger partial charge in [-0.2, -0.15) is 0 Å². The molecule has 19 nitrogen and oxygen atoms in total. The Bertz CT molecular complexity index is 2670. The Morgan fingerprint density at radius 1 is 0.580 bits per heavy atom. The summed E-state index contributed by atoms with van der Waals surface area (Å²) in [6, 6.07) is 21.1. The zero-order valence-electron chi connectivity index (χ0n) is 39.1. The van der Waals surface area contributed by atoms with Gasteiger partial charge in [-0.25, -0.2) is 44.3 Å². The molecule has 2 aliphatic rings.